The molecule has 3 rings (SSSR count). The summed E-state index contributed by atoms with van der Waals surface area (Å²) in [5.41, 5.74) is 7.32. The molecule has 1 aliphatic heterocycles. The minimum absolute atomic E-state index is 0.695. The van der Waals surface area contributed by atoms with E-state index in [2.05, 4.69) is 10.2 Å². The minimum Gasteiger partial charge on any atom is -0.396 e. The molecule has 1 fully saturated rings. The highest BCUT2D eigenvalue weighted by molar-refractivity contribution is 8.00. The van der Waals surface area contributed by atoms with Crippen molar-refractivity contribution in [3.05, 3.63) is 24.2 Å². The van der Waals surface area contributed by atoms with E-state index in [4.69, 9.17) is 5.73 Å². The normalized spacial score (nSPS) is 20.6. The molecule has 0 spiro atoms. The van der Waals surface area contributed by atoms with Crippen molar-refractivity contribution in [1.82, 2.24) is 14.6 Å². The van der Waals surface area contributed by atoms with Gasteiger partial charge >= 0.3 is 0 Å². The molecule has 3 heterocycles. The predicted molar refractivity (Wildman–Crippen MR) is 66.6 cm³/mol. The Morgan fingerprint density at radius 1 is 1.50 bits per heavy atom. The lowest BCUT2D eigenvalue weighted by Gasteiger charge is -2.06. The van der Waals surface area contributed by atoms with Gasteiger partial charge < -0.3 is 5.73 Å². The van der Waals surface area contributed by atoms with E-state index in [9.17, 15) is 0 Å². The van der Waals surface area contributed by atoms with Crippen molar-refractivity contribution in [1.29, 1.82) is 0 Å². The minimum atomic E-state index is 0.695. The average molecular weight is 234 g/mol. The zero-order valence-corrected chi connectivity index (χ0v) is 9.78. The molecule has 2 N–H and O–H groups in total. The largest absolute Gasteiger partial charge is 0.396 e. The summed E-state index contributed by atoms with van der Waals surface area (Å²) in [6.07, 6.45) is 5.60. The lowest BCUT2D eigenvalue weighted by Crippen LogP contribution is -2.06. The first-order valence-electron chi connectivity index (χ1n) is 5.54. The van der Waals surface area contributed by atoms with E-state index in [0.717, 1.165) is 17.9 Å². The Balaban J connectivity index is 1.94. The van der Waals surface area contributed by atoms with Crippen LogP contribution in [0.4, 0.5) is 5.69 Å². The third-order valence-electron chi connectivity index (χ3n) is 2.97. The standard InChI is InChI=1S/C11H14N4S/c12-9-4-1-5-15-10(13-14-11(9)15)7-8-3-2-6-16-8/h1,4-5,8H,2-3,6-7,12H2. The van der Waals surface area contributed by atoms with Crippen LogP contribution < -0.4 is 5.73 Å². The molecule has 2 aromatic heterocycles. The lowest BCUT2D eigenvalue weighted by atomic mass is 10.2. The topological polar surface area (TPSA) is 56.2 Å². The number of nitrogens with two attached hydrogens (primary N) is 1. The third kappa shape index (κ3) is 1.65. The van der Waals surface area contributed by atoms with Gasteiger partial charge in [-0.25, -0.2) is 0 Å². The summed E-state index contributed by atoms with van der Waals surface area (Å²) in [6.45, 7) is 0. The van der Waals surface area contributed by atoms with Crippen LogP contribution in [0.15, 0.2) is 18.3 Å². The summed E-state index contributed by atoms with van der Waals surface area (Å²) in [7, 11) is 0. The summed E-state index contributed by atoms with van der Waals surface area (Å²) < 4.78 is 2.01. The number of hydrogen-bond acceptors (Lipinski definition) is 4. The van der Waals surface area contributed by atoms with Crippen LogP contribution in [0, 0.1) is 0 Å². The molecule has 1 atom stereocenters. The summed E-state index contributed by atoms with van der Waals surface area (Å²) >= 11 is 2.04. The fraction of sp³-hybridized carbons (Fsp3) is 0.455. The van der Waals surface area contributed by atoms with Crippen molar-refractivity contribution in [3.63, 3.8) is 0 Å². The van der Waals surface area contributed by atoms with Gasteiger partial charge in [0.05, 0.1) is 5.69 Å². The monoisotopic (exact) mass is 234 g/mol. The number of nitrogen functional groups attached to an aromatic ring is 1. The molecule has 0 bridgehead atoms. The van der Waals surface area contributed by atoms with E-state index in [1.54, 1.807) is 0 Å². The molecular formula is C11H14N4S. The highest BCUT2D eigenvalue weighted by atomic mass is 32.2. The van der Waals surface area contributed by atoms with Crippen LogP contribution in [-0.2, 0) is 6.42 Å². The molecule has 0 aliphatic carbocycles. The van der Waals surface area contributed by atoms with Gasteiger partial charge in [0.15, 0.2) is 5.65 Å². The fourth-order valence-corrected chi connectivity index (χ4v) is 3.40. The molecule has 4 nitrogen and oxygen atoms in total. The van der Waals surface area contributed by atoms with Gasteiger partial charge in [0.2, 0.25) is 0 Å². The van der Waals surface area contributed by atoms with Crippen LogP contribution >= 0.6 is 11.8 Å². The van der Waals surface area contributed by atoms with E-state index < -0.39 is 0 Å². The second-order valence-corrected chi connectivity index (χ2v) is 5.52. The van der Waals surface area contributed by atoms with E-state index in [1.165, 1.54) is 18.6 Å². The number of hydrogen-bond donors (Lipinski definition) is 1. The first-order valence-corrected chi connectivity index (χ1v) is 6.59. The van der Waals surface area contributed by atoms with Gasteiger partial charge in [-0.2, -0.15) is 11.8 Å². The third-order valence-corrected chi connectivity index (χ3v) is 4.37. The molecule has 1 unspecified atom stereocenters. The van der Waals surface area contributed by atoms with E-state index in [0.29, 0.717) is 10.9 Å². The molecule has 1 aliphatic rings. The Labute approximate surface area is 98.2 Å². The van der Waals surface area contributed by atoms with Crippen molar-refractivity contribution in [2.24, 2.45) is 0 Å². The van der Waals surface area contributed by atoms with Crippen molar-refractivity contribution in [3.8, 4) is 0 Å². The Morgan fingerprint density at radius 2 is 2.44 bits per heavy atom. The van der Waals surface area contributed by atoms with Crippen LogP contribution in [0.5, 0.6) is 0 Å². The van der Waals surface area contributed by atoms with Gasteiger partial charge in [-0.05, 0) is 30.7 Å². The average Bonchev–Trinajstić information content (AvgIpc) is 2.90. The SMILES string of the molecule is Nc1cccn2c(CC3CCCS3)nnc12. The molecule has 5 heteroatoms. The number of pyridine rings is 1. The van der Waals surface area contributed by atoms with Gasteiger partial charge in [0.1, 0.15) is 5.82 Å². The smallest absolute Gasteiger partial charge is 0.183 e. The van der Waals surface area contributed by atoms with Crippen LogP contribution in [0.1, 0.15) is 18.7 Å². The molecule has 0 amide bonds. The Kier molecular flexibility index (Phi) is 2.47. The molecule has 1 saturated heterocycles. The van der Waals surface area contributed by atoms with E-state index >= 15 is 0 Å². The number of thioether (sulfide) groups is 1. The van der Waals surface area contributed by atoms with Crippen LogP contribution in [0.2, 0.25) is 0 Å². The Morgan fingerprint density at radius 3 is 3.25 bits per heavy atom. The molecular weight excluding hydrogens is 220 g/mol. The van der Waals surface area contributed by atoms with Crippen molar-refractivity contribution in [2.75, 3.05) is 11.5 Å². The first kappa shape index (κ1) is 9.96. The van der Waals surface area contributed by atoms with Crippen LogP contribution in [-0.4, -0.2) is 25.6 Å². The van der Waals surface area contributed by atoms with Crippen LogP contribution in [0.3, 0.4) is 0 Å². The quantitative estimate of drug-likeness (QED) is 0.860. The molecule has 0 saturated carbocycles. The number of aromatic nitrogens is 3. The second kappa shape index (κ2) is 3.97. The molecule has 84 valence electrons. The number of fused-ring (bicyclic) bond motifs is 1. The summed E-state index contributed by atoms with van der Waals surface area (Å²) in [6, 6.07) is 3.80. The van der Waals surface area contributed by atoms with Gasteiger partial charge in [0, 0.05) is 17.9 Å². The fourth-order valence-electron chi connectivity index (χ4n) is 2.13. The maximum atomic E-state index is 5.85. The Bertz CT molecular complexity index is 502. The number of rotatable bonds is 2. The van der Waals surface area contributed by atoms with Crippen molar-refractivity contribution in [2.45, 2.75) is 24.5 Å². The highest BCUT2D eigenvalue weighted by Gasteiger charge is 2.19. The Hall–Kier alpha value is -1.23. The maximum absolute atomic E-state index is 5.85. The summed E-state index contributed by atoms with van der Waals surface area (Å²) in [5, 5.41) is 9.08. The molecule has 2 aromatic rings. The zero-order valence-electron chi connectivity index (χ0n) is 8.97. The second-order valence-electron chi connectivity index (χ2n) is 4.11. The van der Waals surface area contributed by atoms with E-state index in [-0.39, 0.29) is 0 Å². The van der Waals surface area contributed by atoms with Gasteiger partial charge in [-0.3, -0.25) is 4.40 Å². The van der Waals surface area contributed by atoms with E-state index in [1.807, 2.05) is 34.5 Å². The van der Waals surface area contributed by atoms with Gasteiger partial charge in [-0.1, -0.05) is 0 Å². The zero-order chi connectivity index (χ0) is 11.0. The van der Waals surface area contributed by atoms with Crippen molar-refractivity contribution < 1.29 is 0 Å². The van der Waals surface area contributed by atoms with Crippen molar-refractivity contribution >= 4 is 23.1 Å². The first-order chi connectivity index (χ1) is 7.84. The molecule has 0 radical (unpaired) electrons. The maximum Gasteiger partial charge on any atom is 0.183 e. The van der Waals surface area contributed by atoms with Gasteiger partial charge in [0.25, 0.3) is 0 Å². The molecule has 0 aromatic carbocycles. The summed E-state index contributed by atoms with van der Waals surface area (Å²) in [4.78, 5) is 0. The van der Waals surface area contributed by atoms with Gasteiger partial charge in [-0.15, -0.1) is 10.2 Å². The number of anilines is 1. The lowest BCUT2D eigenvalue weighted by molar-refractivity contribution is 0.738. The highest BCUT2D eigenvalue weighted by Crippen LogP contribution is 2.28. The van der Waals surface area contributed by atoms with Crippen LogP contribution in [0.25, 0.3) is 5.65 Å². The number of nitrogens with zero attached hydrogens (tertiary/aromatic N) is 3. The summed E-state index contributed by atoms with van der Waals surface area (Å²) in [5.74, 6) is 2.31. The molecule has 16 heavy (non-hydrogen) atoms. The predicted octanol–water partition coefficient (Wildman–Crippen LogP) is 1.75.